The lowest BCUT2D eigenvalue weighted by Gasteiger charge is -2.18. The Bertz CT molecular complexity index is 546. The summed E-state index contributed by atoms with van der Waals surface area (Å²) in [4.78, 5) is 11.3. The van der Waals surface area contributed by atoms with Gasteiger partial charge in [-0.1, -0.05) is 6.07 Å². The average Bonchev–Trinajstić information content (AvgIpc) is 3.12. The highest BCUT2D eigenvalue weighted by Crippen LogP contribution is 2.35. The van der Waals surface area contributed by atoms with Crippen LogP contribution >= 0.6 is 0 Å². The first-order chi connectivity index (χ1) is 10.6. The number of rotatable bonds is 5. The third-order valence-corrected chi connectivity index (χ3v) is 3.81. The van der Waals surface area contributed by atoms with Gasteiger partial charge >= 0.3 is 6.61 Å². The number of hydrogen-bond acceptors (Lipinski definition) is 4. The highest BCUT2D eigenvalue weighted by Gasteiger charge is 2.26. The predicted octanol–water partition coefficient (Wildman–Crippen LogP) is 2.06. The van der Waals surface area contributed by atoms with Crippen molar-refractivity contribution in [1.82, 2.24) is 5.32 Å². The molecule has 2 aliphatic rings. The molecule has 0 aromatic heterocycles. The van der Waals surface area contributed by atoms with Crippen molar-refractivity contribution in [2.75, 3.05) is 19.8 Å². The molecular formula is C15H17F2NO4. The van der Waals surface area contributed by atoms with E-state index in [0.29, 0.717) is 32.6 Å². The molecule has 1 amide bonds. The molecule has 1 aromatic carbocycles. The average molecular weight is 313 g/mol. The van der Waals surface area contributed by atoms with Crippen LogP contribution in [0.3, 0.4) is 0 Å². The number of hydrogen-bond donors (Lipinski definition) is 1. The molecule has 5 nitrogen and oxygen atoms in total. The van der Waals surface area contributed by atoms with Gasteiger partial charge in [0.1, 0.15) is 6.10 Å². The third-order valence-electron chi connectivity index (χ3n) is 3.81. The second kappa shape index (κ2) is 6.48. The van der Waals surface area contributed by atoms with Crippen molar-refractivity contribution in [1.29, 1.82) is 0 Å². The molecular weight excluding hydrogens is 296 g/mol. The van der Waals surface area contributed by atoms with E-state index in [0.717, 1.165) is 5.56 Å². The Morgan fingerprint density at radius 3 is 2.82 bits per heavy atom. The molecule has 0 aliphatic carbocycles. The number of carbonyl (C=O) groups excluding carboxylic acids is 1. The van der Waals surface area contributed by atoms with Crippen molar-refractivity contribution in [3.63, 3.8) is 0 Å². The van der Waals surface area contributed by atoms with Crippen molar-refractivity contribution in [3.8, 4) is 11.5 Å². The quantitative estimate of drug-likeness (QED) is 0.904. The maximum Gasteiger partial charge on any atom is 0.387 e. The Morgan fingerprint density at radius 1 is 1.32 bits per heavy atom. The fourth-order valence-electron chi connectivity index (χ4n) is 2.69. The van der Waals surface area contributed by atoms with Crippen molar-refractivity contribution in [2.45, 2.75) is 31.5 Å². The molecule has 0 saturated carbocycles. The molecule has 2 heterocycles. The SMILES string of the molecule is O=C1C[C@@H](c2ccc(OC(F)F)c(O[C@@H]3CCOC3)c2)CN1. The van der Waals surface area contributed by atoms with Crippen LogP contribution in [0.25, 0.3) is 0 Å². The summed E-state index contributed by atoms with van der Waals surface area (Å²) in [7, 11) is 0. The zero-order chi connectivity index (χ0) is 15.5. The van der Waals surface area contributed by atoms with E-state index in [2.05, 4.69) is 10.1 Å². The smallest absolute Gasteiger partial charge is 0.387 e. The Labute approximate surface area is 126 Å². The van der Waals surface area contributed by atoms with Crippen molar-refractivity contribution in [2.24, 2.45) is 0 Å². The van der Waals surface area contributed by atoms with E-state index >= 15 is 0 Å². The molecule has 120 valence electrons. The summed E-state index contributed by atoms with van der Waals surface area (Å²) in [6.07, 6.45) is 0.932. The largest absolute Gasteiger partial charge is 0.484 e. The molecule has 0 bridgehead atoms. The van der Waals surface area contributed by atoms with E-state index in [-0.39, 0.29) is 29.4 Å². The van der Waals surface area contributed by atoms with Crippen LogP contribution in [0.4, 0.5) is 8.78 Å². The third kappa shape index (κ3) is 3.47. The van der Waals surface area contributed by atoms with Crippen LogP contribution in [-0.4, -0.2) is 38.4 Å². The van der Waals surface area contributed by atoms with Crippen LogP contribution in [0.15, 0.2) is 18.2 Å². The molecule has 0 radical (unpaired) electrons. The highest BCUT2D eigenvalue weighted by molar-refractivity contribution is 5.79. The fraction of sp³-hybridized carbons (Fsp3) is 0.533. The van der Waals surface area contributed by atoms with E-state index in [1.54, 1.807) is 12.1 Å². The Kier molecular flexibility index (Phi) is 4.42. The Balaban J connectivity index is 1.82. The van der Waals surface area contributed by atoms with E-state index in [4.69, 9.17) is 9.47 Å². The first-order valence-corrected chi connectivity index (χ1v) is 7.21. The van der Waals surface area contributed by atoms with Gasteiger partial charge in [0.2, 0.25) is 5.91 Å². The van der Waals surface area contributed by atoms with Crippen LogP contribution in [0.1, 0.15) is 24.3 Å². The van der Waals surface area contributed by atoms with Crippen LogP contribution < -0.4 is 14.8 Å². The van der Waals surface area contributed by atoms with E-state index in [1.807, 2.05) is 0 Å². The monoisotopic (exact) mass is 313 g/mol. The van der Waals surface area contributed by atoms with E-state index < -0.39 is 6.61 Å². The Hall–Kier alpha value is -1.89. The maximum atomic E-state index is 12.5. The van der Waals surface area contributed by atoms with Gasteiger partial charge in [-0.3, -0.25) is 4.79 Å². The fourth-order valence-corrected chi connectivity index (χ4v) is 2.69. The summed E-state index contributed by atoms with van der Waals surface area (Å²) in [6.45, 7) is -1.35. The molecule has 1 aromatic rings. The molecule has 0 spiro atoms. The second-order valence-electron chi connectivity index (χ2n) is 5.39. The van der Waals surface area contributed by atoms with E-state index in [1.165, 1.54) is 6.07 Å². The van der Waals surface area contributed by atoms with Crippen LogP contribution in [0.2, 0.25) is 0 Å². The normalized spacial score (nSPS) is 24.6. The number of halogens is 2. The van der Waals surface area contributed by atoms with Crippen molar-refractivity contribution >= 4 is 5.91 Å². The molecule has 2 aliphatic heterocycles. The molecule has 3 rings (SSSR count). The molecule has 2 atom stereocenters. The van der Waals surface area contributed by atoms with Crippen LogP contribution in [0.5, 0.6) is 11.5 Å². The number of benzene rings is 1. The number of nitrogens with one attached hydrogen (secondary N) is 1. The molecule has 1 N–H and O–H groups in total. The summed E-state index contributed by atoms with van der Waals surface area (Å²) in [5, 5.41) is 2.76. The van der Waals surface area contributed by atoms with Gasteiger partial charge in [-0.05, 0) is 17.7 Å². The Morgan fingerprint density at radius 2 is 2.18 bits per heavy atom. The van der Waals surface area contributed by atoms with Crippen LogP contribution in [-0.2, 0) is 9.53 Å². The summed E-state index contributed by atoms with van der Waals surface area (Å²) in [5.41, 5.74) is 0.869. The molecule has 2 fully saturated rings. The van der Waals surface area contributed by atoms with Gasteiger partial charge in [-0.2, -0.15) is 8.78 Å². The highest BCUT2D eigenvalue weighted by atomic mass is 19.3. The van der Waals surface area contributed by atoms with Gasteiger partial charge < -0.3 is 19.5 Å². The first-order valence-electron chi connectivity index (χ1n) is 7.21. The van der Waals surface area contributed by atoms with Gasteiger partial charge in [0.25, 0.3) is 0 Å². The van der Waals surface area contributed by atoms with Gasteiger partial charge in [0.15, 0.2) is 11.5 Å². The lowest BCUT2D eigenvalue weighted by atomic mass is 9.98. The lowest BCUT2D eigenvalue weighted by molar-refractivity contribution is -0.119. The summed E-state index contributed by atoms with van der Waals surface area (Å²) in [6, 6.07) is 4.84. The molecule has 2 saturated heterocycles. The summed E-state index contributed by atoms with van der Waals surface area (Å²) < 4.78 is 40.5. The van der Waals surface area contributed by atoms with E-state index in [9.17, 15) is 13.6 Å². The predicted molar refractivity (Wildman–Crippen MR) is 73.3 cm³/mol. The van der Waals surface area contributed by atoms with Crippen LogP contribution in [0, 0.1) is 0 Å². The number of ether oxygens (including phenoxy) is 3. The first kappa shape index (κ1) is 15.0. The summed E-state index contributed by atoms with van der Waals surface area (Å²) in [5.74, 6) is 0.287. The van der Waals surface area contributed by atoms with Gasteiger partial charge in [0.05, 0.1) is 13.2 Å². The lowest BCUT2D eigenvalue weighted by Crippen LogP contribution is -2.17. The van der Waals surface area contributed by atoms with Gasteiger partial charge in [0, 0.05) is 25.3 Å². The molecule has 7 heteroatoms. The number of alkyl halides is 2. The molecule has 22 heavy (non-hydrogen) atoms. The standard InChI is InChI=1S/C15H17F2NO4/c16-15(17)22-12-2-1-9(10-6-14(19)18-7-10)5-13(12)21-11-3-4-20-8-11/h1-2,5,10-11,15H,3-4,6-8H2,(H,18,19)/t10-,11-/m1/s1. The van der Waals surface area contributed by atoms with Gasteiger partial charge in [-0.15, -0.1) is 0 Å². The molecule has 0 unspecified atom stereocenters. The zero-order valence-corrected chi connectivity index (χ0v) is 11.9. The minimum absolute atomic E-state index is 0.00272. The summed E-state index contributed by atoms with van der Waals surface area (Å²) >= 11 is 0. The maximum absolute atomic E-state index is 12.5. The number of carbonyl (C=O) groups is 1. The van der Waals surface area contributed by atoms with Crippen molar-refractivity contribution in [3.05, 3.63) is 23.8 Å². The topological polar surface area (TPSA) is 56.8 Å². The number of amides is 1. The minimum atomic E-state index is -2.91. The zero-order valence-electron chi connectivity index (χ0n) is 11.9. The van der Waals surface area contributed by atoms with Gasteiger partial charge in [-0.25, -0.2) is 0 Å². The second-order valence-corrected chi connectivity index (χ2v) is 5.39. The van der Waals surface area contributed by atoms with Crippen molar-refractivity contribution < 1.29 is 27.8 Å². The minimum Gasteiger partial charge on any atom is -0.484 e.